The van der Waals surface area contributed by atoms with Crippen molar-refractivity contribution >= 4 is 5.97 Å². The number of ether oxygens (including phenoxy) is 2. The summed E-state index contributed by atoms with van der Waals surface area (Å²) in [6.45, 7) is 1.54. The van der Waals surface area contributed by atoms with Crippen LogP contribution in [-0.4, -0.2) is 23.2 Å². The van der Waals surface area contributed by atoms with Gasteiger partial charge in [-0.25, -0.2) is 9.78 Å². The average molecular weight is 285 g/mol. The van der Waals surface area contributed by atoms with Crippen molar-refractivity contribution in [1.82, 2.24) is 4.98 Å². The topological polar surface area (TPSA) is 68.7 Å². The van der Waals surface area contributed by atoms with E-state index in [0.29, 0.717) is 23.6 Å². The van der Waals surface area contributed by atoms with Gasteiger partial charge in [0.1, 0.15) is 5.75 Å². The monoisotopic (exact) mass is 285 g/mol. The predicted molar refractivity (Wildman–Crippen MR) is 75.6 cm³/mol. The van der Waals surface area contributed by atoms with Crippen LogP contribution in [-0.2, 0) is 21.6 Å². The number of hydrogen-bond donors (Lipinski definition) is 1. The number of rotatable bonds is 3. The predicted octanol–water partition coefficient (Wildman–Crippen LogP) is 2.72. The molecule has 0 fully saturated rings. The minimum atomic E-state index is -1.37. The van der Waals surface area contributed by atoms with E-state index in [1.807, 2.05) is 18.2 Å². The summed E-state index contributed by atoms with van der Waals surface area (Å²) in [5.41, 5.74) is 1.13. The maximum absolute atomic E-state index is 11.5. The number of carboxylic acid groups (broad SMARTS) is 1. The number of nitrogens with zero attached hydrogens (tertiary/aromatic N) is 1. The molecule has 1 aliphatic rings. The number of methoxy groups -OCH3 is 1. The van der Waals surface area contributed by atoms with Crippen LogP contribution < -0.4 is 4.74 Å². The van der Waals surface area contributed by atoms with E-state index in [4.69, 9.17) is 9.47 Å². The number of hydrogen-bond acceptors (Lipinski definition) is 4. The Kier molecular flexibility index (Phi) is 3.14. The number of benzene rings is 1. The molecule has 0 saturated carbocycles. The molecule has 3 rings (SSSR count). The van der Waals surface area contributed by atoms with Crippen LogP contribution in [0.1, 0.15) is 23.6 Å². The molecule has 0 amide bonds. The van der Waals surface area contributed by atoms with Crippen molar-refractivity contribution in [3.05, 3.63) is 53.2 Å². The molecule has 5 nitrogen and oxygen atoms in total. The van der Waals surface area contributed by atoms with Crippen LogP contribution in [0.5, 0.6) is 11.6 Å². The lowest BCUT2D eigenvalue weighted by molar-refractivity contribution is -0.161. The normalized spacial score (nSPS) is 15.3. The zero-order valence-electron chi connectivity index (χ0n) is 11.8. The largest absolute Gasteiger partial charge is 0.479 e. The second kappa shape index (κ2) is 4.86. The minimum Gasteiger partial charge on any atom is -0.479 e. The third-order valence-electron chi connectivity index (χ3n) is 3.87. The molecule has 21 heavy (non-hydrogen) atoms. The number of carbonyl (C=O) groups is 1. The fourth-order valence-corrected chi connectivity index (χ4v) is 2.40. The first-order valence-corrected chi connectivity index (χ1v) is 6.58. The van der Waals surface area contributed by atoms with Gasteiger partial charge in [-0.2, -0.15) is 0 Å². The van der Waals surface area contributed by atoms with E-state index in [9.17, 15) is 9.90 Å². The number of carboxylic acids is 1. The highest BCUT2D eigenvalue weighted by Crippen LogP contribution is 2.37. The van der Waals surface area contributed by atoms with Crippen LogP contribution in [0.3, 0.4) is 0 Å². The Hall–Kier alpha value is -2.40. The first-order chi connectivity index (χ1) is 10.0. The first-order valence-electron chi connectivity index (χ1n) is 6.58. The first kappa shape index (κ1) is 13.6. The lowest BCUT2D eigenvalue weighted by atomic mass is 9.91. The summed E-state index contributed by atoms with van der Waals surface area (Å²) < 4.78 is 10.9. The Bertz CT molecular complexity index is 713. The molecule has 0 spiro atoms. The quantitative estimate of drug-likeness (QED) is 0.801. The standard InChI is InChI=1S/C16H15NO4/c1-16(20-2,15(18)19)12-5-6-13-11(9-12)8-10-4-3-7-17-14(10)21-13/h3-7,9H,8H2,1-2H3,(H,18,19). The van der Waals surface area contributed by atoms with Crippen LogP contribution in [0.25, 0.3) is 0 Å². The molecule has 0 aliphatic carbocycles. The van der Waals surface area contributed by atoms with Gasteiger partial charge in [-0.3, -0.25) is 0 Å². The summed E-state index contributed by atoms with van der Waals surface area (Å²) in [6.07, 6.45) is 2.34. The number of fused-ring (bicyclic) bond motifs is 2. The molecule has 2 aromatic rings. The Balaban J connectivity index is 2.03. The molecule has 2 heterocycles. The third kappa shape index (κ3) is 2.15. The summed E-state index contributed by atoms with van der Waals surface area (Å²) in [5, 5.41) is 9.38. The maximum Gasteiger partial charge on any atom is 0.340 e. The lowest BCUT2D eigenvalue weighted by Crippen LogP contribution is -2.34. The zero-order valence-corrected chi connectivity index (χ0v) is 11.8. The van der Waals surface area contributed by atoms with Gasteiger partial charge in [0.05, 0.1) is 0 Å². The van der Waals surface area contributed by atoms with Crippen molar-refractivity contribution in [2.75, 3.05) is 7.11 Å². The van der Waals surface area contributed by atoms with Crippen molar-refractivity contribution in [2.24, 2.45) is 0 Å². The zero-order chi connectivity index (χ0) is 15.0. The van der Waals surface area contributed by atoms with Gasteiger partial charge in [-0.15, -0.1) is 0 Å². The molecule has 1 aromatic carbocycles. The smallest absolute Gasteiger partial charge is 0.340 e. The van der Waals surface area contributed by atoms with E-state index in [-0.39, 0.29) is 0 Å². The Morgan fingerprint density at radius 2 is 2.19 bits per heavy atom. The molecule has 1 aliphatic heterocycles. The van der Waals surface area contributed by atoms with E-state index in [1.54, 1.807) is 18.3 Å². The van der Waals surface area contributed by atoms with Gasteiger partial charge in [0, 0.05) is 25.3 Å². The summed E-state index contributed by atoms with van der Waals surface area (Å²) in [5.74, 6) is 0.281. The van der Waals surface area contributed by atoms with Gasteiger partial charge in [-0.05, 0) is 36.2 Å². The van der Waals surface area contributed by atoms with Crippen molar-refractivity contribution in [2.45, 2.75) is 18.9 Å². The molecule has 0 radical (unpaired) electrons. The van der Waals surface area contributed by atoms with Crippen LogP contribution >= 0.6 is 0 Å². The highest BCUT2D eigenvalue weighted by Gasteiger charge is 2.36. The summed E-state index contributed by atoms with van der Waals surface area (Å²) in [6, 6.07) is 9.11. The van der Waals surface area contributed by atoms with Gasteiger partial charge in [0.25, 0.3) is 0 Å². The molecule has 0 saturated heterocycles. The van der Waals surface area contributed by atoms with Gasteiger partial charge in [0.15, 0.2) is 5.60 Å². The van der Waals surface area contributed by atoms with E-state index in [0.717, 1.165) is 11.1 Å². The molecule has 5 heteroatoms. The van der Waals surface area contributed by atoms with E-state index >= 15 is 0 Å². The van der Waals surface area contributed by atoms with E-state index in [1.165, 1.54) is 14.0 Å². The Morgan fingerprint density at radius 1 is 1.38 bits per heavy atom. The number of aromatic nitrogens is 1. The SMILES string of the molecule is COC(C)(C(=O)O)c1ccc2c(c1)Cc1cccnc1O2. The second-order valence-electron chi connectivity index (χ2n) is 5.11. The lowest BCUT2D eigenvalue weighted by Gasteiger charge is -2.26. The van der Waals surface area contributed by atoms with Crippen molar-refractivity contribution in [3.8, 4) is 11.6 Å². The molecular formula is C16H15NO4. The van der Waals surface area contributed by atoms with Gasteiger partial charge >= 0.3 is 5.97 Å². The summed E-state index contributed by atoms with van der Waals surface area (Å²) in [7, 11) is 1.39. The minimum absolute atomic E-state index is 0.590. The van der Waals surface area contributed by atoms with E-state index < -0.39 is 11.6 Å². The molecule has 1 atom stereocenters. The maximum atomic E-state index is 11.5. The van der Waals surface area contributed by atoms with Crippen molar-refractivity contribution in [1.29, 1.82) is 0 Å². The van der Waals surface area contributed by atoms with Gasteiger partial charge in [-0.1, -0.05) is 12.1 Å². The molecule has 1 aromatic heterocycles. The molecule has 1 N–H and O–H groups in total. The summed E-state index contributed by atoms with van der Waals surface area (Å²) in [4.78, 5) is 15.6. The Morgan fingerprint density at radius 3 is 2.90 bits per heavy atom. The average Bonchev–Trinajstić information content (AvgIpc) is 2.51. The highest BCUT2D eigenvalue weighted by atomic mass is 16.5. The fourth-order valence-electron chi connectivity index (χ4n) is 2.40. The summed E-state index contributed by atoms with van der Waals surface area (Å²) >= 11 is 0. The fraction of sp³-hybridized carbons (Fsp3) is 0.250. The second-order valence-corrected chi connectivity index (χ2v) is 5.11. The van der Waals surface area contributed by atoms with Crippen LogP contribution in [0.4, 0.5) is 0 Å². The van der Waals surface area contributed by atoms with E-state index in [2.05, 4.69) is 4.98 Å². The molecule has 1 unspecified atom stereocenters. The number of pyridine rings is 1. The highest BCUT2D eigenvalue weighted by molar-refractivity contribution is 5.79. The van der Waals surface area contributed by atoms with Crippen LogP contribution in [0.15, 0.2) is 36.5 Å². The molecular weight excluding hydrogens is 270 g/mol. The van der Waals surface area contributed by atoms with Gasteiger partial charge < -0.3 is 14.6 Å². The van der Waals surface area contributed by atoms with Crippen molar-refractivity contribution in [3.63, 3.8) is 0 Å². The number of aliphatic carboxylic acids is 1. The molecule has 0 bridgehead atoms. The Labute approximate surface area is 122 Å². The van der Waals surface area contributed by atoms with Crippen LogP contribution in [0, 0.1) is 0 Å². The third-order valence-corrected chi connectivity index (χ3v) is 3.87. The molecule has 108 valence electrons. The van der Waals surface area contributed by atoms with Gasteiger partial charge in [0.2, 0.25) is 5.88 Å². The van der Waals surface area contributed by atoms with Crippen LogP contribution in [0.2, 0.25) is 0 Å². The van der Waals surface area contributed by atoms with Crippen molar-refractivity contribution < 1.29 is 19.4 Å².